The van der Waals surface area contributed by atoms with Crippen LogP contribution in [0.15, 0.2) is 42.5 Å². The second-order valence-corrected chi connectivity index (χ2v) is 5.66. The van der Waals surface area contributed by atoms with Crippen LogP contribution in [0.2, 0.25) is 0 Å². The summed E-state index contributed by atoms with van der Waals surface area (Å²) < 4.78 is 5.30. The predicted octanol–water partition coefficient (Wildman–Crippen LogP) is 2.60. The molecule has 7 heteroatoms. The number of hydrogen-bond acceptors (Lipinski definition) is 5. The third-order valence-corrected chi connectivity index (χ3v) is 3.83. The second-order valence-electron chi connectivity index (χ2n) is 5.66. The number of hydrogen-bond donors (Lipinski definition) is 1. The minimum Gasteiger partial charge on any atom is -0.496 e. The first-order valence-electron chi connectivity index (χ1n) is 7.85. The fourth-order valence-corrected chi connectivity index (χ4v) is 2.57. The summed E-state index contributed by atoms with van der Waals surface area (Å²) in [6.45, 7) is 3.89. The average molecular weight is 337 g/mol. The van der Waals surface area contributed by atoms with Gasteiger partial charge in [0.15, 0.2) is 0 Å². The number of ether oxygens (including phenoxy) is 1. The maximum Gasteiger partial charge on any atom is 0.248 e. The smallest absolute Gasteiger partial charge is 0.248 e. The Bertz CT molecular complexity index is 884. The molecular weight excluding hydrogens is 318 g/mol. The van der Waals surface area contributed by atoms with E-state index < -0.39 is 0 Å². The Labute approximate surface area is 145 Å². The number of aromatic nitrogens is 4. The second kappa shape index (κ2) is 7.12. The fraction of sp³-hybridized carbons (Fsp3) is 0.222. The number of carbonyl (C=O) groups is 1. The zero-order valence-corrected chi connectivity index (χ0v) is 14.4. The number of tetrazole rings is 1. The third-order valence-electron chi connectivity index (χ3n) is 3.83. The molecule has 25 heavy (non-hydrogen) atoms. The molecule has 0 radical (unpaired) electrons. The van der Waals surface area contributed by atoms with Crippen LogP contribution >= 0.6 is 0 Å². The molecule has 0 fully saturated rings. The highest BCUT2D eigenvalue weighted by molar-refractivity contribution is 5.92. The molecule has 1 aromatic heterocycles. The van der Waals surface area contributed by atoms with Gasteiger partial charge in [0.1, 0.15) is 12.3 Å². The monoisotopic (exact) mass is 337 g/mol. The van der Waals surface area contributed by atoms with Crippen LogP contribution in [-0.4, -0.2) is 33.2 Å². The summed E-state index contributed by atoms with van der Waals surface area (Å²) in [5, 5.41) is 15.1. The normalized spacial score (nSPS) is 10.5. The molecule has 0 unspecified atom stereocenters. The fourth-order valence-electron chi connectivity index (χ4n) is 2.57. The lowest BCUT2D eigenvalue weighted by Gasteiger charge is -2.10. The van der Waals surface area contributed by atoms with Gasteiger partial charge < -0.3 is 10.1 Å². The lowest BCUT2D eigenvalue weighted by atomic mass is 10.1. The molecule has 7 nitrogen and oxygen atoms in total. The van der Waals surface area contributed by atoms with Crippen molar-refractivity contribution in [1.82, 2.24) is 20.2 Å². The molecule has 0 atom stereocenters. The highest BCUT2D eigenvalue weighted by atomic mass is 16.5. The van der Waals surface area contributed by atoms with Gasteiger partial charge in [-0.3, -0.25) is 4.79 Å². The van der Waals surface area contributed by atoms with Crippen molar-refractivity contribution < 1.29 is 9.53 Å². The van der Waals surface area contributed by atoms with Gasteiger partial charge in [0.05, 0.1) is 12.7 Å². The largest absolute Gasteiger partial charge is 0.496 e. The highest BCUT2D eigenvalue weighted by Crippen LogP contribution is 2.26. The van der Waals surface area contributed by atoms with Crippen LogP contribution in [-0.2, 0) is 11.3 Å². The Hall–Kier alpha value is -3.22. The van der Waals surface area contributed by atoms with Crippen molar-refractivity contribution in [2.24, 2.45) is 0 Å². The first-order chi connectivity index (χ1) is 12.1. The van der Waals surface area contributed by atoms with Gasteiger partial charge in [-0.05, 0) is 42.3 Å². The van der Waals surface area contributed by atoms with Crippen molar-refractivity contribution in [1.29, 1.82) is 0 Å². The number of nitrogens with one attached hydrogen (secondary N) is 1. The number of rotatable bonds is 5. The van der Waals surface area contributed by atoms with E-state index in [1.807, 2.05) is 56.3 Å². The molecule has 0 bridgehead atoms. The third kappa shape index (κ3) is 3.65. The Morgan fingerprint density at radius 1 is 1.12 bits per heavy atom. The predicted molar refractivity (Wildman–Crippen MR) is 94.4 cm³/mol. The van der Waals surface area contributed by atoms with E-state index >= 15 is 0 Å². The number of anilines is 1. The number of benzene rings is 2. The van der Waals surface area contributed by atoms with Crippen LogP contribution in [0.25, 0.3) is 11.4 Å². The molecule has 1 N–H and O–H groups in total. The van der Waals surface area contributed by atoms with Gasteiger partial charge >= 0.3 is 0 Å². The van der Waals surface area contributed by atoms with E-state index in [1.165, 1.54) is 4.80 Å². The molecule has 0 spiro atoms. The lowest BCUT2D eigenvalue weighted by molar-refractivity contribution is -0.117. The van der Waals surface area contributed by atoms with Crippen molar-refractivity contribution in [3.8, 4) is 17.1 Å². The van der Waals surface area contributed by atoms with Crippen LogP contribution in [0.3, 0.4) is 0 Å². The van der Waals surface area contributed by atoms with E-state index in [0.717, 1.165) is 22.4 Å². The van der Waals surface area contributed by atoms with Crippen molar-refractivity contribution in [3.05, 3.63) is 53.6 Å². The molecule has 3 aromatic rings. The first-order valence-corrected chi connectivity index (χ1v) is 7.85. The number of carbonyl (C=O) groups excluding carboxylic acids is 1. The van der Waals surface area contributed by atoms with E-state index in [2.05, 4.69) is 20.7 Å². The molecule has 1 amide bonds. The summed E-state index contributed by atoms with van der Waals surface area (Å²) in [5.41, 5.74) is 3.56. The maximum atomic E-state index is 12.3. The van der Waals surface area contributed by atoms with Crippen LogP contribution in [0.4, 0.5) is 5.69 Å². The molecule has 128 valence electrons. The Balaban J connectivity index is 1.74. The molecule has 1 heterocycles. The number of para-hydroxylation sites is 2. The minimum atomic E-state index is -0.207. The van der Waals surface area contributed by atoms with Crippen LogP contribution in [0.1, 0.15) is 11.1 Å². The average Bonchev–Trinajstić information content (AvgIpc) is 3.06. The molecule has 3 rings (SSSR count). The van der Waals surface area contributed by atoms with E-state index in [4.69, 9.17) is 4.74 Å². The quantitative estimate of drug-likeness (QED) is 0.774. The zero-order chi connectivity index (χ0) is 17.8. The minimum absolute atomic E-state index is 0.0179. The van der Waals surface area contributed by atoms with Crippen molar-refractivity contribution in [2.75, 3.05) is 12.4 Å². The Morgan fingerprint density at radius 3 is 2.56 bits per heavy atom. The number of methoxy groups -OCH3 is 1. The number of nitrogens with zero attached hydrogens (tertiary/aromatic N) is 4. The van der Waals surface area contributed by atoms with Gasteiger partial charge in [-0.1, -0.05) is 30.3 Å². The Kier molecular flexibility index (Phi) is 4.74. The molecule has 2 aromatic carbocycles. The van der Waals surface area contributed by atoms with E-state index in [9.17, 15) is 4.79 Å². The molecule has 0 saturated carbocycles. The first kappa shape index (κ1) is 16.6. The van der Waals surface area contributed by atoms with E-state index in [1.54, 1.807) is 7.11 Å². The maximum absolute atomic E-state index is 12.3. The zero-order valence-electron chi connectivity index (χ0n) is 14.4. The van der Waals surface area contributed by atoms with Crippen molar-refractivity contribution in [2.45, 2.75) is 20.4 Å². The molecule has 0 saturated heterocycles. The van der Waals surface area contributed by atoms with E-state index in [0.29, 0.717) is 11.6 Å². The van der Waals surface area contributed by atoms with Gasteiger partial charge in [-0.25, -0.2) is 0 Å². The van der Waals surface area contributed by atoms with E-state index in [-0.39, 0.29) is 12.5 Å². The summed E-state index contributed by atoms with van der Waals surface area (Å²) in [4.78, 5) is 13.6. The molecule has 0 aliphatic heterocycles. The topological polar surface area (TPSA) is 81.9 Å². The SMILES string of the molecule is COc1ccccc1-c1nnn(CC(=O)Nc2c(C)cccc2C)n1. The van der Waals surface area contributed by atoms with Gasteiger partial charge in [-0.2, -0.15) is 4.80 Å². The van der Waals surface area contributed by atoms with Gasteiger partial charge in [-0.15, -0.1) is 10.2 Å². The summed E-state index contributed by atoms with van der Waals surface area (Å²) in [7, 11) is 1.58. The lowest BCUT2D eigenvalue weighted by Crippen LogP contribution is -2.21. The van der Waals surface area contributed by atoms with Gasteiger partial charge in [0.2, 0.25) is 11.7 Å². The molecular formula is C18H19N5O2. The van der Waals surface area contributed by atoms with Crippen LogP contribution in [0, 0.1) is 13.8 Å². The van der Waals surface area contributed by atoms with Crippen molar-refractivity contribution >= 4 is 11.6 Å². The summed E-state index contributed by atoms with van der Waals surface area (Å²) >= 11 is 0. The number of aryl methyl sites for hydroxylation is 2. The standard InChI is InChI=1S/C18H19N5O2/c1-12-7-6-8-13(2)17(12)19-16(24)11-23-21-18(20-22-23)14-9-4-5-10-15(14)25-3/h4-10H,11H2,1-3H3,(H,19,24). The van der Waals surface area contributed by atoms with Gasteiger partial charge in [0, 0.05) is 5.69 Å². The van der Waals surface area contributed by atoms with Crippen LogP contribution < -0.4 is 10.1 Å². The molecule has 0 aliphatic carbocycles. The summed E-state index contributed by atoms with van der Waals surface area (Å²) in [6, 6.07) is 13.3. The van der Waals surface area contributed by atoms with Crippen molar-refractivity contribution in [3.63, 3.8) is 0 Å². The summed E-state index contributed by atoms with van der Waals surface area (Å²) in [6.07, 6.45) is 0. The van der Waals surface area contributed by atoms with Crippen LogP contribution in [0.5, 0.6) is 5.75 Å². The van der Waals surface area contributed by atoms with Gasteiger partial charge in [0.25, 0.3) is 0 Å². The molecule has 0 aliphatic rings. The Morgan fingerprint density at radius 2 is 1.84 bits per heavy atom. The summed E-state index contributed by atoms with van der Waals surface area (Å²) in [5.74, 6) is 0.862. The number of amides is 1. The highest BCUT2D eigenvalue weighted by Gasteiger charge is 2.13.